The Bertz CT molecular complexity index is 334. The molecule has 0 saturated heterocycles. The van der Waals surface area contributed by atoms with Crippen molar-refractivity contribution in [3.8, 4) is 5.75 Å². The van der Waals surface area contributed by atoms with Crippen LogP contribution in [-0.2, 0) is 0 Å². The van der Waals surface area contributed by atoms with Crippen LogP contribution in [0.5, 0.6) is 5.75 Å². The SMILES string of the molecule is CCCCCCCCOc1ccc(F)c(N)c1.Cl. The van der Waals surface area contributed by atoms with Gasteiger partial charge >= 0.3 is 0 Å². The second-order valence-corrected chi connectivity index (χ2v) is 4.30. The number of halogens is 2. The van der Waals surface area contributed by atoms with E-state index in [-0.39, 0.29) is 18.1 Å². The van der Waals surface area contributed by atoms with Gasteiger partial charge in [-0.2, -0.15) is 0 Å². The number of benzene rings is 1. The van der Waals surface area contributed by atoms with Crippen molar-refractivity contribution in [2.45, 2.75) is 45.4 Å². The lowest BCUT2D eigenvalue weighted by Crippen LogP contribution is -1.99. The van der Waals surface area contributed by atoms with Gasteiger partial charge in [-0.05, 0) is 18.6 Å². The van der Waals surface area contributed by atoms with Crippen LogP contribution in [0.3, 0.4) is 0 Å². The number of hydrogen-bond donors (Lipinski definition) is 1. The van der Waals surface area contributed by atoms with E-state index in [1.165, 1.54) is 44.2 Å². The molecule has 0 aliphatic rings. The number of hydrogen-bond acceptors (Lipinski definition) is 2. The third-order valence-corrected chi connectivity index (χ3v) is 2.73. The van der Waals surface area contributed by atoms with Gasteiger partial charge in [0.2, 0.25) is 0 Å². The van der Waals surface area contributed by atoms with Crippen LogP contribution in [0.15, 0.2) is 18.2 Å². The fourth-order valence-electron chi connectivity index (χ4n) is 1.68. The van der Waals surface area contributed by atoms with E-state index >= 15 is 0 Å². The number of anilines is 1. The van der Waals surface area contributed by atoms with E-state index in [1.807, 2.05) is 0 Å². The van der Waals surface area contributed by atoms with Gasteiger partial charge in [-0.3, -0.25) is 0 Å². The maximum atomic E-state index is 12.9. The minimum absolute atomic E-state index is 0. The molecule has 0 saturated carbocycles. The Kier molecular flexibility index (Phi) is 9.47. The fraction of sp³-hybridized carbons (Fsp3) is 0.571. The van der Waals surface area contributed by atoms with Crippen molar-refractivity contribution in [2.24, 2.45) is 0 Å². The van der Waals surface area contributed by atoms with Gasteiger partial charge in [0, 0.05) is 6.07 Å². The van der Waals surface area contributed by atoms with E-state index in [0.29, 0.717) is 12.4 Å². The van der Waals surface area contributed by atoms with Crippen LogP contribution in [0.4, 0.5) is 10.1 Å². The van der Waals surface area contributed by atoms with Crippen molar-refractivity contribution in [1.29, 1.82) is 0 Å². The highest BCUT2D eigenvalue weighted by Crippen LogP contribution is 2.18. The molecular weight excluding hydrogens is 253 g/mol. The summed E-state index contributed by atoms with van der Waals surface area (Å²) in [5, 5.41) is 0. The second kappa shape index (κ2) is 10.0. The Balaban J connectivity index is 0.00000289. The summed E-state index contributed by atoms with van der Waals surface area (Å²) in [5.41, 5.74) is 5.59. The summed E-state index contributed by atoms with van der Waals surface area (Å²) in [7, 11) is 0. The minimum atomic E-state index is -0.392. The summed E-state index contributed by atoms with van der Waals surface area (Å²) in [6, 6.07) is 4.49. The molecule has 0 heterocycles. The van der Waals surface area contributed by atoms with E-state index in [1.54, 1.807) is 6.07 Å². The quantitative estimate of drug-likeness (QED) is 0.557. The van der Waals surface area contributed by atoms with Crippen LogP contribution < -0.4 is 10.5 Å². The molecule has 0 spiro atoms. The predicted octanol–water partition coefficient (Wildman–Crippen LogP) is 4.57. The molecular formula is C14H23ClFNO. The van der Waals surface area contributed by atoms with Gasteiger partial charge in [-0.15, -0.1) is 12.4 Å². The first-order valence-electron chi connectivity index (χ1n) is 6.42. The molecule has 0 aromatic heterocycles. The monoisotopic (exact) mass is 275 g/mol. The van der Waals surface area contributed by atoms with E-state index in [9.17, 15) is 4.39 Å². The summed E-state index contributed by atoms with van der Waals surface area (Å²) in [6.45, 7) is 2.89. The van der Waals surface area contributed by atoms with Crippen LogP contribution in [0.2, 0.25) is 0 Å². The Morgan fingerprint density at radius 1 is 1.11 bits per heavy atom. The van der Waals surface area contributed by atoms with Crippen LogP contribution in [-0.4, -0.2) is 6.61 Å². The first kappa shape index (κ1) is 17.0. The van der Waals surface area contributed by atoms with E-state index in [2.05, 4.69) is 6.92 Å². The third kappa shape index (κ3) is 6.70. The summed E-state index contributed by atoms with van der Waals surface area (Å²) in [5.74, 6) is 0.259. The van der Waals surface area contributed by atoms with E-state index in [4.69, 9.17) is 10.5 Å². The first-order valence-corrected chi connectivity index (χ1v) is 6.42. The Morgan fingerprint density at radius 2 is 1.78 bits per heavy atom. The molecule has 0 aliphatic heterocycles. The molecule has 4 heteroatoms. The Morgan fingerprint density at radius 3 is 2.44 bits per heavy atom. The van der Waals surface area contributed by atoms with Crippen LogP contribution in [0.1, 0.15) is 45.4 Å². The van der Waals surface area contributed by atoms with Crippen LogP contribution >= 0.6 is 12.4 Å². The zero-order valence-electron chi connectivity index (χ0n) is 11.0. The summed E-state index contributed by atoms with van der Waals surface area (Å²) in [4.78, 5) is 0. The minimum Gasteiger partial charge on any atom is -0.494 e. The molecule has 2 nitrogen and oxygen atoms in total. The maximum Gasteiger partial charge on any atom is 0.146 e. The van der Waals surface area contributed by atoms with Gasteiger partial charge in [0.05, 0.1) is 12.3 Å². The van der Waals surface area contributed by atoms with Crippen molar-refractivity contribution in [3.05, 3.63) is 24.0 Å². The van der Waals surface area contributed by atoms with E-state index in [0.717, 1.165) is 6.42 Å². The van der Waals surface area contributed by atoms with E-state index < -0.39 is 5.82 Å². The maximum absolute atomic E-state index is 12.9. The molecule has 0 radical (unpaired) electrons. The molecule has 1 aromatic rings. The largest absolute Gasteiger partial charge is 0.494 e. The van der Waals surface area contributed by atoms with Gasteiger partial charge in [-0.25, -0.2) is 4.39 Å². The number of unbranched alkanes of at least 4 members (excludes halogenated alkanes) is 5. The van der Waals surface area contributed by atoms with Gasteiger partial charge in [-0.1, -0.05) is 39.0 Å². The second-order valence-electron chi connectivity index (χ2n) is 4.30. The average Bonchev–Trinajstić information content (AvgIpc) is 2.32. The normalized spacial score (nSPS) is 9.89. The topological polar surface area (TPSA) is 35.2 Å². The van der Waals surface area contributed by atoms with Crippen molar-refractivity contribution in [2.75, 3.05) is 12.3 Å². The highest BCUT2D eigenvalue weighted by atomic mass is 35.5. The molecule has 0 amide bonds. The predicted molar refractivity (Wildman–Crippen MR) is 76.9 cm³/mol. The van der Waals surface area contributed by atoms with Crippen molar-refractivity contribution in [1.82, 2.24) is 0 Å². The van der Waals surface area contributed by atoms with Crippen LogP contribution in [0.25, 0.3) is 0 Å². The van der Waals surface area contributed by atoms with Gasteiger partial charge in [0.25, 0.3) is 0 Å². The Hall–Kier alpha value is -0.960. The lowest BCUT2D eigenvalue weighted by Gasteiger charge is -2.07. The fourth-order valence-corrected chi connectivity index (χ4v) is 1.68. The lowest BCUT2D eigenvalue weighted by molar-refractivity contribution is 0.304. The highest BCUT2D eigenvalue weighted by molar-refractivity contribution is 5.85. The molecule has 2 N–H and O–H groups in total. The van der Waals surface area contributed by atoms with Gasteiger partial charge < -0.3 is 10.5 Å². The zero-order valence-corrected chi connectivity index (χ0v) is 11.8. The number of nitrogen functional groups attached to an aromatic ring is 1. The molecule has 0 atom stereocenters. The molecule has 0 unspecified atom stereocenters. The van der Waals surface area contributed by atoms with Crippen molar-refractivity contribution >= 4 is 18.1 Å². The van der Waals surface area contributed by atoms with Gasteiger partial charge in [0.1, 0.15) is 11.6 Å². The number of nitrogens with two attached hydrogens (primary N) is 1. The van der Waals surface area contributed by atoms with Crippen LogP contribution in [0, 0.1) is 5.82 Å². The van der Waals surface area contributed by atoms with Gasteiger partial charge in [0.15, 0.2) is 0 Å². The smallest absolute Gasteiger partial charge is 0.146 e. The summed E-state index contributed by atoms with van der Waals surface area (Å²) in [6.07, 6.45) is 7.39. The zero-order chi connectivity index (χ0) is 12.5. The summed E-state index contributed by atoms with van der Waals surface area (Å²) < 4.78 is 18.4. The lowest BCUT2D eigenvalue weighted by atomic mass is 10.1. The third-order valence-electron chi connectivity index (χ3n) is 2.73. The average molecular weight is 276 g/mol. The first-order chi connectivity index (χ1) is 8.24. The Labute approximate surface area is 115 Å². The molecule has 0 aliphatic carbocycles. The molecule has 1 aromatic carbocycles. The molecule has 104 valence electrons. The molecule has 0 fully saturated rings. The molecule has 0 bridgehead atoms. The standard InChI is InChI=1S/C14H22FNO.ClH/c1-2-3-4-5-6-7-10-17-12-8-9-13(15)14(16)11-12;/h8-9,11H,2-7,10,16H2,1H3;1H. The molecule has 18 heavy (non-hydrogen) atoms. The number of rotatable bonds is 8. The summed E-state index contributed by atoms with van der Waals surface area (Å²) >= 11 is 0. The van der Waals surface area contributed by atoms with Crippen molar-refractivity contribution in [3.63, 3.8) is 0 Å². The number of ether oxygens (including phenoxy) is 1. The highest BCUT2D eigenvalue weighted by Gasteiger charge is 2.00. The van der Waals surface area contributed by atoms with Crippen molar-refractivity contribution < 1.29 is 9.13 Å². The molecule has 1 rings (SSSR count).